The summed E-state index contributed by atoms with van der Waals surface area (Å²) in [5, 5.41) is 0. The highest BCUT2D eigenvalue weighted by atomic mass is 16.1. The Morgan fingerprint density at radius 3 is 2.67 bits per heavy atom. The Kier molecular flexibility index (Phi) is 2.99. The van der Waals surface area contributed by atoms with Gasteiger partial charge in [-0.2, -0.15) is 0 Å². The van der Waals surface area contributed by atoms with Crippen LogP contribution < -0.4 is 0 Å². The lowest BCUT2D eigenvalue weighted by Gasteiger charge is -2.27. The number of allylic oxidation sites excluding steroid dienone is 2. The molecule has 1 heteroatoms. The Morgan fingerprint density at radius 1 is 1.33 bits per heavy atom. The quantitative estimate of drug-likeness (QED) is 0.670. The summed E-state index contributed by atoms with van der Waals surface area (Å²) in [5.41, 5.74) is 1.39. The van der Waals surface area contributed by atoms with Gasteiger partial charge >= 0.3 is 0 Å². The molecule has 0 saturated heterocycles. The molecule has 0 heterocycles. The first kappa shape index (κ1) is 10.9. The van der Waals surface area contributed by atoms with E-state index in [2.05, 4.69) is 19.9 Å². The molecule has 0 N–H and O–H groups in total. The van der Waals surface area contributed by atoms with Crippen molar-refractivity contribution in [1.29, 1.82) is 0 Å². The Labute approximate surface area is 92.9 Å². The van der Waals surface area contributed by atoms with Gasteiger partial charge in [0.05, 0.1) is 0 Å². The predicted octanol–water partition coefficient (Wildman–Crippen LogP) is 3.88. The average Bonchev–Trinajstić information content (AvgIpc) is 2.58. The van der Waals surface area contributed by atoms with Crippen LogP contribution in [0.15, 0.2) is 11.6 Å². The Hall–Kier alpha value is -0.590. The standard InChI is InChI=1S/C14H22O/c1-14(2)10-6-9-12(14)13(15)11-7-4-3-5-8-11/h7,12H,3-6,8-10H2,1-2H3. The van der Waals surface area contributed by atoms with E-state index in [9.17, 15) is 4.79 Å². The van der Waals surface area contributed by atoms with Crippen LogP contribution in [-0.2, 0) is 4.79 Å². The van der Waals surface area contributed by atoms with Crippen LogP contribution in [-0.4, -0.2) is 5.78 Å². The molecule has 0 aliphatic heterocycles. The first-order valence-corrected chi connectivity index (χ1v) is 6.34. The molecule has 1 atom stereocenters. The molecule has 0 aromatic carbocycles. The van der Waals surface area contributed by atoms with E-state index in [4.69, 9.17) is 0 Å². The molecular formula is C14H22O. The van der Waals surface area contributed by atoms with Gasteiger partial charge in [0.1, 0.15) is 0 Å². The van der Waals surface area contributed by atoms with Gasteiger partial charge in [0, 0.05) is 5.92 Å². The molecule has 0 aromatic rings. The summed E-state index contributed by atoms with van der Waals surface area (Å²) in [7, 11) is 0. The maximum absolute atomic E-state index is 12.3. The van der Waals surface area contributed by atoms with Crippen molar-refractivity contribution in [2.75, 3.05) is 0 Å². The molecule has 0 spiro atoms. The lowest BCUT2D eigenvalue weighted by molar-refractivity contribution is -0.121. The van der Waals surface area contributed by atoms with Gasteiger partial charge in [-0.3, -0.25) is 4.79 Å². The minimum absolute atomic E-state index is 0.245. The van der Waals surface area contributed by atoms with Gasteiger partial charge in [0.2, 0.25) is 0 Å². The summed E-state index contributed by atoms with van der Waals surface area (Å²) >= 11 is 0. The van der Waals surface area contributed by atoms with E-state index in [1.807, 2.05) is 0 Å². The van der Waals surface area contributed by atoms with E-state index in [0.717, 1.165) is 24.8 Å². The van der Waals surface area contributed by atoms with Gasteiger partial charge in [0.25, 0.3) is 0 Å². The Balaban J connectivity index is 2.10. The van der Waals surface area contributed by atoms with Crippen LogP contribution in [0.2, 0.25) is 0 Å². The number of hydrogen-bond donors (Lipinski definition) is 0. The molecule has 0 radical (unpaired) electrons. The molecule has 2 rings (SSSR count). The summed E-state index contributed by atoms with van der Waals surface area (Å²) in [4.78, 5) is 12.3. The second-order valence-electron chi connectivity index (χ2n) is 5.77. The highest BCUT2D eigenvalue weighted by Gasteiger charge is 2.39. The zero-order valence-electron chi connectivity index (χ0n) is 10.0. The fourth-order valence-electron chi connectivity index (χ4n) is 3.10. The Morgan fingerprint density at radius 2 is 2.13 bits per heavy atom. The van der Waals surface area contributed by atoms with Crippen molar-refractivity contribution in [2.45, 2.75) is 58.8 Å². The van der Waals surface area contributed by atoms with Gasteiger partial charge in [-0.05, 0) is 49.5 Å². The number of hydrogen-bond acceptors (Lipinski definition) is 1. The molecule has 0 amide bonds. The fraction of sp³-hybridized carbons (Fsp3) is 0.786. The van der Waals surface area contributed by atoms with Crippen LogP contribution in [0.25, 0.3) is 0 Å². The normalized spacial score (nSPS) is 30.0. The first-order chi connectivity index (χ1) is 7.11. The number of ketones is 1. The molecule has 84 valence electrons. The van der Waals surface area contributed by atoms with Crippen molar-refractivity contribution in [2.24, 2.45) is 11.3 Å². The van der Waals surface area contributed by atoms with Gasteiger partial charge in [-0.1, -0.05) is 26.3 Å². The lowest BCUT2D eigenvalue weighted by Crippen LogP contribution is -2.27. The molecule has 1 fully saturated rings. The number of Topliss-reactive ketones (excluding diaryl/α,β-unsaturated/α-hetero) is 1. The largest absolute Gasteiger partial charge is 0.294 e. The van der Waals surface area contributed by atoms with Crippen molar-refractivity contribution < 1.29 is 4.79 Å². The smallest absolute Gasteiger partial charge is 0.162 e. The predicted molar refractivity (Wildman–Crippen MR) is 62.7 cm³/mol. The maximum atomic E-state index is 12.3. The van der Waals surface area contributed by atoms with Crippen molar-refractivity contribution in [3.8, 4) is 0 Å². The van der Waals surface area contributed by atoms with Crippen molar-refractivity contribution in [3.05, 3.63) is 11.6 Å². The van der Waals surface area contributed by atoms with Gasteiger partial charge < -0.3 is 0 Å². The SMILES string of the molecule is CC1(C)CCCC1C(=O)C1=CCCCC1. The summed E-state index contributed by atoms with van der Waals surface area (Å²) in [6, 6.07) is 0. The van der Waals surface area contributed by atoms with Gasteiger partial charge in [-0.25, -0.2) is 0 Å². The number of carbonyl (C=O) groups excluding carboxylic acids is 1. The maximum Gasteiger partial charge on any atom is 0.162 e. The second-order valence-corrected chi connectivity index (χ2v) is 5.77. The van der Waals surface area contributed by atoms with E-state index in [0.29, 0.717) is 11.7 Å². The zero-order valence-corrected chi connectivity index (χ0v) is 10.0. The van der Waals surface area contributed by atoms with E-state index in [-0.39, 0.29) is 5.41 Å². The minimum atomic E-state index is 0.245. The molecule has 15 heavy (non-hydrogen) atoms. The topological polar surface area (TPSA) is 17.1 Å². The second kappa shape index (κ2) is 4.11. The van der Waals surface area contributed by atoms with Crippen LogP contribution >= 0.6 is 0 Å². The highest BCUT2D eigenvalue weighted by Crippen LogP contribution is 2.44. The fourth-order valence-corrected chi connectivity index (χ4v) is 3.10. The summed E-state index contributed by atoms with van der Waals surface area (Å²) in [6.07, 6.45) is 10.4. The molecule has 1 nitrogen and oxygen atoms in total. The molecule has 1 unspecified atom stereocenters. The average molecular weight is 206 g/mol. The van der Waals surface area contributed by atoms with E-state index >= 15 is 0 Å². The number of carbonyl (C=O) groups is 1. The summed E-state index contributed by atoms with van der Waals surface area (Å²) in [6.45, 7) is 4.51. The highest BCUT2D eigenvalue weighted by molar-refractivity contribution is 5.97. The van der Waals surface area contributed by atoms with E-state index in [1.165, 1.54) is 25.7 Å². The van der Waals surface area contributed by atoms with Crippen molar-refractivity contribution >= 4 is 5.78 Å². The molecule has 0 aromatic heterocycles. The van der Waals surface area contributed by atoms with E-state index < -0.39 is 0 Å². The molecule has 2 aliphatic carbocycles. The molecule has 1 saturated carbocycles. The number of rotatable bonds is 2. The zero-order chi connectivity index (χ0) is 10.9. The van der Waals surface area contributed by atoms with Crippen molar-refractivity contribution in [3.63, 3.8) is 0 Å². The first-order valence-electron chi connectivity index (χ1n) is 6.34. The Bertz CT molecular complexity index is 286. The third-order valence-corrected chi connectivity index (χ3v) is 4.18. The van der Waals surface area contributed by atoms with Crippen LogP contribution in [0.4, 0.5) is 0 Å². The van der Waals surface area contributed by atoms with Gasteiger partial charge in [-0.15, -0.1) is 0 Å². The summed E-state index contributed by atoms with van der Waals surface area (Å²) in [5.74, 6) is 0.777. The molecule has 2 aliphatic rings. The molecule has 0 bridgehead atoms. The van der Waals surface area contributed by atoms with Crippen LogP contribution in [0.5, 0.6) is 0 Å². The van der Waals surface area contributed by atoms with E-state index in [1.54, 1.807) is 0 Å². The minimum Gasteiger partial charge on any atom is -0.294 e. The van der Waals surface area contributed by atoms with Crippen LogP contribution in [0.1, 0.15) is 58.8 Å². The summed E-state index contributed by atoms with van der Waals surface area (Å²) < 4.78 is 0. The third kappa shape index (κ3) is 2.16. The molecular weight excluding hydrogens is 184 g/mol. The third-order valence-electron chi connectivity index (χ3n) is 4.18. The van der Waals surface area contributed by atoms with Crippen LogP contribution in [0.3, 0.4) is 0 Å². The van der Waals surface area contributed by atoms with Crippen LogP contribution in [0, 0.1) is 11.3 Å². The van der Waals surface area contributed by atoms with Crippen molar-refractivity contribution in [1.82, 2.24) is 0 Å². The van der Waals surface area contributed by atoms with Gasteiger partial charge in [0.15, 0.2) is 5.78 Å². The lowest BCUT2D eigenvalue weighted by atomic mass is 9.76. The monoisotopic (exact) mass is 206 g/mol.